The maximum absolute atomic E-state index is 11.8. The van der Waals surface area contributed by atoms with E-state index in [0.717, 1.165) is 16.4 Å². The van der Waals surface area contributed by atoms with Crippen molar-refractivity contribution in [3.8, 4) is 0 Å². The van der Waals surface area contributed by atoms with E-state index in [0.29, 0.717) is 6.54 Å². The standard InChI is InChI=1S/C12H13N3O2S/c1-7-3-4-9(12(17)15-7)11(16)13-5-10-14-8(2)6-18-10/h3-4,6H,5H2,1-2H3,(H,13,16)(H,15,17). The van der Waals surface area contributed by atoms with E-state index in [4.69, 9.17) is 0 Å². The molecule has 2 rings (SSSR count). The monoisotopic (exact) mass is 263 g/mol. The van der Waals surface area contributed by atoms with Crippen molar-refractivity contribution in [3.63, 3.8) is 0 Å². The number of carbonyl (C=O) groups excluding carboxylic acids is 1. The van der Waals surface area contributed by atoms with Crippen LogP contribution in [0.3, 0.4) is 0 Å². The van der Waals surface area contributed by atoms with Crippen LogP contribution in [0.15, 0.2) is 22.3 Å². The van der Waals surface area contributed by atoms with Crippen molar-refractivity contribution < 1.29 is 4.79 Å². The third kappa shape index (κ3) is 2.84. The summed E-state index contributed by atoms with van der Waals surface area (Å²) in [5, 5.41) is 5.42. The SMILES string of the molecule is Cc1csc(CNC(=O)c2ccc(C)[nH]c2=O)n1. The third-order valence-corrected chi connectivity index (χ3v) is 3.33. The molecular formula is C12H13N3O2S. The second-order valence-electron chi connectivity index (χ2n) is 3.95. The molecule has 2 aromatic heterocycles. The molecule has 6 heteroatoms. The number of hydrogen-bond acceptors (Lipinski definition) is 4. The largest absolute Gasteiger partial charge is 0.345 e. The van der Waals surface area contributed by atoms with Gasteiger partial charge in [-0.25, -0.2) is 4.98 Å². The number of aromatic amines is 1. The molecule has 2 heterocycles. The summed E-state index contributed by atoms with van der Waals surface area (Å²) in [5.74, 6) is -0.385. The van der Waals surface area contributed by atoms with Crippen molar-refractivity contribution in [2.24, 2.45) is 0 Å². The van der Waals surface area contributed by atoms with E-state index in [2.05, 4.69) is 15.3 Å². The Hall–Kier alpha value is -1.95. The van der Waals surface area contributed by atoms with E-state index < -0.39 is 0 Å². The minimum atomic E-state index is -0.385. The van der Waals surface area contributed by atoms with E-state index in [1.807, 2.05) is 12.3 Å². The molecule has 0 spiro atoms. The van der Waals surface area contributed by atoms with Gasteiger partial charge in [0, 0.05) is 16.8 Å². The van der Waals surface area contributed by atoms with Crippen LogP contribution in [-0.2, 0) is 6.54 Å². The number of pyridine rings is 1. The van der Waals surface area contributed by atoms with Crippen LogP contribution in [-0.4, -0.2) is 15.9 Å². The lowest BCUT2D eigenvalue weighted by atomic mass is 10.2. The van der Waals surface area contributed by atoms with Crippen molar-refractivity contribution in [2.75, 3.05) is 0 Å². The zero-order valence-electron chi connectivity index (χ0n) is 10.1. The summed E-state index contributed by atoms with van der Waals surface area (Å²) >= 11 is 1.48. The molecule has 2 N–H and O–H groups in total. The number of nitrogens with zero attached hydrogens (tertiary/aromatic N) is 1. The highest BCUT2D eigenvalue weighted by Gasteiger charge is 2.10. The molecule has 0 radical (unpaired) electrons. The van der Waals surface area contributed by atoms with Crippen LogP contribution in [0.4, 0.5) is 0 Å². The number of nitrogens with one attached hydrogen (secondary N) is 2. The summed E-state index contributed by atoms with van der Waals surface area (Å²) in [6, 6.07) is 3.22. The smallest absolute Gasteiger partial charge is 0.260 e. The minimum absolute atomic E-state index is 0.119. The van der Waals surface area contributed by atoms with Gasteiger partial charge in [0.05, 0.1) is 6.54 Å². The van der Waals surface area contributed by atoms with Gasteiger partial charge in [-0.1, -0.05) is 0 Å². The summed E-state index contributed by atoms with van der Waals surface area (Å²) in [5.41, 5.74) is 1.40. The van der Waals surface area contributed by atoms with Crippen molar-refractivity contribution in [1.29, 1.82) is 0 Å². The number of thiazole rings is 1. The molecule has 1 amide bonds. The van der Waals surface area contributed by atoms with Gasteiger partial charge in [0.2, 0.25) is 0 Å². The second-order valence-corrected chi connectivity index (χ2v) is 4.89. The summed E-state index contributed by atoms with van der Waals surface area (Å²) in [6.07, 6.45) is 0. The van der Waals surface area contributed by atoms with E-state index in [1.165, 1.54) is 17.4 Å². The average Bonchev–Trinajstić information content (AvgIpc) is 2.72. The van der Waals surface area contributed by atoms with Gasteiger partial charge in [0.25, 0.3) is 11.5 Å². The Morgan fingerprint density at radius 2 is 2.22 bits per heavy atom. The van der Waals surface area contributed by atoms with Gasteiger partial charge in [-0.15, -0.1) is 11.3 Å². The molecule has 0 aliphatic heterocycles. The van der Waals surface area contributed by atoms with E-state index in [-0.39, 0.29) is 17.0 Å². The zero-order valence-corrected chi connectivity index (χ0v) is 10.9. The fourth-order valence-electron chi connectivity index (χ4n) is 1.49. The molecule has 0 aliphatic rings. The predicted octanol–water partition coefficient (Wildman–Crippen LogP) is 1.38. The maximum Gasteiger partial charge on any atom is 0.260 e. The summed E-state index contributed by atoms with van der Waals surface area (Å²) in [7, 11) is 0. The molecule has 18 heavy (non-hydrogen) atoms. The minimum Gasteiger partial charge on any atom is -0.345 e. The number of H-pyrrole nitrogens is 1. The number of amides is 1. The zero-order chi connectivity index (χ0) is 13.1. The molecule has 0 aromatic carbocycles. The van der Waals surface area contributed by atoms with Gasteiger partial charge in [-0.3, -0.25) is 9.59 Å². The third-order valence-electron chi connectivity index (χ3n) is 2.37. The Bertz CT molecular complexity index is 630. The molecule has 2 aromatic rings. The van der Waals surface area contributed by atoms with Crippen LogP contribution >= 0.6 is 11.3 Å². The molecular weight excluding hydrogens is 250 g/mol. The van der Waals surface area contributed by atoms with Gasteiger partial charge in [-0.2, -0.15) is 0 Å². The van der Waals surface area contributed by atoms with E-state index in [1.54, 1.807) is 13.0 Å². The Morgan fingerprint density at radius 3 is 2.83 bits per heavy atom. The summed E-state index contributed by atoms with van der Waals surface area (Å²) in [6.45, 7) is 4.00. The molecule has 0 aliphatic carbocycles. The van der Waals surface area contributed by atoms with Crippen LogP contribution in [0.1, 0.15) is 26.8 Å². The van der Waals surface area contributed by atoms with Crippen LogP contribution in [0, 0.1) is 13.8 Å². The van der Waals surface area contributed by atoms with Crippen LogP contribution in [0.5, 0.6) is 0 Å². The Kier molecular flexibility index (Phi) is 3.57. The fraction of sp³-hybridized carbons (Fsp3) is 0.250. The lowest BCUT2D eigenvalue weighted by Gasteiger charge is -2.02. The number of aryl methyl sites for hydroxylation is 2. The first-order chi connectivity index (χ1) is 8.56. The van der Waals surface area contributed by atoms with E-state index in [9.17, 15) is 9.59 Å². The van der Waals surface area contributed by atoms with Crippen molar-refractivity contribution >= 4 is 17.2 Å². The molecule has 0 fully saturated rings. The number of carbonyl (C=O) groups is 1. The Balaban J connectivity index is 2.06. The number of hydrogen-bond donors (Lipinski definition) is 2. The first-order valence-corrected chi connectivity index (χ1v) is 6.33. The first-order valence-electron chi connectivity index (χ1n) is 5.45. The molecule has 0 atom stereocenters. The van der Waals surface area contributed by atoms with Crippen LogP contribution < -0.4 is 10.9 Å². The van der Waals surface area contributed by atoms with Crippen molar-refractivity contribution in [3.05, 3.63) is 49.8 Å². The van der Waals surface area contributed by atoms with Crippen molar-refractivity contribution in [2.45, 2.75) is 20.4 Å². The van der Waals surface area contributed by atoms with Gasteiger partial charge < -0.3 is 10.3 Å². The quantitative estimate of drug-likeness (QED) is 0.878. The molecule has 0 saturated heterocycles. The van der Waals surface area contributed by atoms with Crippen molar-refractivity contribution in [1.82, 2.24) is 15.3 Å². The first kappa shape index (κ1) is 12.5. The lowest BCUT2D eigenvalue weighted by Crippen LogP contribution is -2.29. The average molecular weight is 263 g/mol. The normalized spacial score (nSPS) is 10.3. The van der Waals surface area contributed by atoms with Crippen LogP contribution in [0.25, 0.3) is 0 Å². The molecule has 5 nitrogen and oxygen atoms in total. The van der Waals surface area contributed by atoms with Gasteiger partial charge in [-0.05, 0) is 26.0 Å². The van der Waals surface area contributed by atoms with Crippen LogP contribution in [0.2, 0.25) is 0 Å². The maximum atomic E-state index is 11.8. The summed E-state index contributed by atoms with van der Waals surface area (Å²) in [4.78, 5) is 30.2. The Morgan fingerprint density at radius 1 is 1.44 bits per heavy atom. The summed E-state index contributed by atoms with van der Waals surface area (Å²) < 4.78 is 0. The second kappa shape index (κ2) is 5.14. The number of aromatic nitrogens is 2. The van der Waals surface area contributed by atoms with Gasteiger partial charge in [0.1, 0.15) is 10.6 Å². The highest BCUT2D eigenvalue weighted by Crippen LogP contribution is 2.08. The lowest BCUT2D eigenvalue weighted by molar-refractivity contribution is 0.0949. The molecule has 94 valence electrons. The highest BCUT2D eigenvalue weighted by molar-refractivity contribution is 7.09. The van der Waals surface area contributed by atoms with Gasteiger partial charge in [0.15, 0.2) is 0 Å². The molecule has 0 unspecified atom stereocenters. The fourth-order valence-corrected chi connectivity index (χ4v) is 2.20. The topological polar surface area (TPSA) is 74.8 Å². The predicted molar refractivity (Wildman–Crippen MR) is 69.8 cm³/mol. The van der Waals surface area contributed by atoms with Gasteiger partial charge >= 0.3 is 0 Å². The highest BCUT2D eigenvalue weighted by atomic mass is 32.1. The number of rotatable bonds is 3. The molecule has 0 saturated carbocycles. The Labute approximate surface area is 108 Å². The van der Waals surface area contributed by atoms with E-state index >= 15 is 0 Å². The molecule has 0 bridgehead atoms.